The summed E-state index contributed by atoms with van der Waals surface area (Å²) in [6.45, 7) is 4.51. The highest BCUT2D eigenvalue weighted by Crippen LogP contribution is 2.28. The molecule has 1 aromatic heterocycles. The Kier molecular flexibility index (Phi) is 2.18. The van der Waals surface area contributed by atoms with Gasteiger partial charge in [0.15, 0.2) is 0 Å². The second-order valence-corrected chi connectivity index (χ2v) is 5.10. The lowest BCUT2D eigenvalue weighted by atomic mass is 10.1. The first-order chi connectivity index (χ1) is 5.75. The van der Waals surface area contributed by atoms with E-state index in [-0.39, 0.29) is 0 Å². The minimum Gasteiger partial charge on any atom is -0.246 e. The summed E-state index contributed by atoms with van der Waals surface area (Å²) in [5, 5.41) is 1.36. The summed E-state index contributed by atoms with van der Waals surface area (Å²) in [6, 6.07) is 0. The molecule has 0 aliphatic heterocycles. The van der Waals surface area contributed by atoms with Crippen molar-refractivity contribution in [3.8, 4) is 0 Å². The van der Waals surface area contributed by atoms with Gasteiger partial charge in [0, 0.05) is 11.3 Å². The zero-order valence-corrected chi connectivity index (χ0v) is 8.58. The van der Waals surface area contributed by atoms with Crippen molar-refractivity contribution >= 4 is 11.3 Å². The molecule has 0 unspecified atom stereocenters. The van der Waals surface area contributed by atoms with E-state index in [0.29, 0.717) is 0 Å². The van der Waals surface area contributed by atoms with Gasteiger partial charge < -0.3 is 0 Å². The molecule has 0 bridgehead atoms. The van der Waals surface area contributed by atoms with Crippen molar-refractivity contribution in [1.82, 2.24) is 4.98 Å². The summed E-state index contributed by atoms with van der Waals surface area (Å²) in [7, 11) is 0. The van der Waals surface area contributed by atoms with Gasteiger partial charge in [-0.15, -0.1) is 11.3 Å². The predicted octanol–water partition coefficient (Wildman–Crippen LogP) is 2.83. The number of aromatic nitrogens is 1. The van der Waals surface area contributed by atoms with Crippen molar-refractivity contribution in [2.24, 2.45) is 5.92 Å². The fraction of sp³-hybridized carbons (Fsp3) is 0.700. The number of hydrogen-bond acceptors (Lipinski definition) is 2. The number of fused-ring (bicyclic) bond motifs is 1. The van der Waals surface area contributed by atoms with Gasteiger partial charge in [-0.25, -0.2) is 4.98 Å². The van der Waals surface area contributed by atoms with Crippen LogP contribution in [0.2, 0.25) is 0 Å². The third-order valence-corrected chi connectivity index (χ3v) is 3.40. The number of aryl methyl sites for hydroxylation is 2. The van der Waals surface area contributed by atoms with Crippen LogP contribution in [-0.4, -0.2) is 4.98 Å². The molecular formula is C10H15NS. The van der Waals surface area contributed by atoms with E-state index >= 15 is 0 Å². The molecule has 2 heteroatoms. The van der Waals surface area contributed by atoms with Crippen molar-refractivity contribution in [2.75, 3.05) is 0 Å². The Morgan fingerprint density at radius 3 is 2.92 bits per heavy atom. The third-order valence-electron chi connectivity index (χ3n) is 2.22. The van der Waals surface area contributed by atoms with E-state index in [1.807, 2.05) is 11.3 Å². The maximum absolute atomic E-state index is 4.65. The molecule has 1 nitrogen and oxygen atoms in total. The van der Waals surface area contributed by atoms with Crippen LogP contribution in [0.3, 0.4) is 0 Å². The summed E-state index contributed by atoms with van der Waals surface area (Å²) in [5.41, 5.74) is 1.40. The van der Waals surface area contributed by atoms with Gasteiger partial charge in [-0.1, -0.05) is 13.8 Å². The number of nitrogens with zero attached hydrogens (tertiary/aromatic N) is 1. The van der Waals surface area contributed by atoms with Gasteiger partial charge in [-0.05, 0) is 25.2 Å². The Morgan fingerprint density at radius 1 is 1.42 bits per heavy atom. The Morgan fingerprint density at radius 2 is 2.25 bits per heavy atom. The molecule has 12 heavy (non-hydrogen) atoms. The first kappa shape index (κ1) is 8.24. The van der Waals surface area contributed by atoms with Gasteiger partial charge in [0.2, 0.25) is 0 Å². The highest BCUT2D eigenvalue weighted by Gasteiger charge is 2.16. The molecule has 0 aromatic carbocycles. The molecule has 66 valence electrons. The molecule has 0 saturated carbocycles. The van der Waals surface area contributed by atoms with Crippen molar-refractivity contribution in [3.63, 3.8) is 0 Å². The lowest BCUT2D eigenvalue weighted by Gasteiger charge is -1.98. The van der Waals surface area contributed by atoms with Crippen LogP contribution < -0.4 is 0 Å². The van der Waals surface area contributed by atoms with Crippen LogP contribution in [0.15, 0.2) is 0 Å². The SMILES string of the molecule is CC(C)Cc1nc2c(s1)CCC2. The van der Waals surface area contributed by atoms with E-state index in [9.17, 15) is 0 Å². The summed E-state index contributed by atoms with van der Waals surface area (Å²) in [4.78, 5) is 6.21. The second-order valence-electron chi connectivity index (χ2n) is 3.93. The maximum atomic E-state index is 4.65. The van der Waals surface area contributed by atoms with Gasteiger partial charge in [0.1, 0.15) is 0 Å². The normalized spacial score (nSPS) is 15.6. The van der Waals surface area contributed by atoms with Crippen LogP contribution in [0.4, 0.5) is 0 Å². The molecule has 0 atom stereocenters. The Hall–Kier alpha value is -0.370. The Bertz CT molecular complexity index is 254. The van der Waals surface area contributed by atoms with Crippen molar-refractivity contribution in [1.29, 1.82) is 0 Å². The summed E-state index contributed by atoms with van der Waals surface area (Å²) in [6.07, 6.45) is 5.00. The highest BCUT2D eigenvalue weighted by molar-refractivity contribution is 7.11. The minimum atomic E-state index is 0.747. The maximum Gasteiger partial charge on any atom is 0.0933 e. The van der Waals surface area contributed by atoms with Gasteiger partial charge >= 0.3 is 0 Å². The third kappa shape index (κ3) is 1.53. The van der Waals surface area contributed by atoms with Gasteiger partial charge in [-0.3, -0.25) is 0 Å². The lowest BCUT2D eigenvalue weighted by molar-refractivity contribution is 0.642. The van der Waals surface area contributed by atoms with Crippen LogP contribution in [0.5, 0.6) is 0 Å². The van der Waals surface area contributed by atoms with E-state index in [4.69, 9.17) is 0 Å². The topological polar surface area (TPSA) is 12.9 Å². The molecular weight excluding hydrogens is 166 g/mol. The minimum absolute atomic E-state index is 0.747. The Balaban J connectivity index is 2.15. The van der Waals surface area contributed by atoms with Crippen molar-refractivity contribution < 1.29 is 0 Å². The fourth-order valence-corrected chi connectivity index (χ4v) is 3.05. The molecule has 1 aliphatic carbocycles. The molecule has 0 N–H and O–H groups in total. The van der Waals surface area contributed by atoms with E-state index in [1.165, 1.54) is 30.0 Å². The summed E-state index contributed by atoms with van der Waals surface area (Å²) in [5.74, 6) is 0.747. The fourth-order valence-electron chi connectivity index (χ4n) is 1.68. The number of thiazole rings is 1. The van der Waals surface area contributed by atoms with Gasteiger partial charge in [0.05, 0.1) is 10.7 Å². The van der Waals surface area contributed by atoms with E-state index in [2.05, 4.69) is 18.8 Å². The highest BCUT2D eigenvalue weighted by atomic mass is 32.1. The molecule has 1 heterocycles. The van der Waals surface area contributed by atoms with Gasteiger partial charge in [0.25, 0.3) is 0 Å². The largest absolute Gasteiger partial charge is 0.246 e. The summed E-state index contributed by atoms with van der Waals surface area (Å²) < 4.78 is 0. The standard InChI is InChI=1S/C10H15NS/c1-7(2)6-10-11-8-4-3-5-9(8)12-10/h7H,3-6H2,1-2H3. The lowest BCUT2D eigenvalue weighted by Crippen LogP contribution is -1.93. The van der Waals surface area contributed by atoms with Gasteiger partial charge in [-0.2, -0.15) is 0 Å². The van der Waals surface area contributed by atoms with E-state index < -0.39 is 0 Å². The van der Waals surface area contributed by atoms with Crippen LogP contribution in [0.25, 0.3) is 0 Å². The average Bonchev–Trinajstić information content (AvgIpc) is 2.43. The smallest absolute Gasteiger partial charge is 0.0933 e. The zero-order chi connectivity index (χ0) is 8.55. The van der Waals surface area contributed by atoms with Crippen molar-refractivity contribution in [2.45, 2.75) is 39.5 Å². The second kappa shape index (κ2) is 3.17. The number of rotatable bonds is 2. The Labute approximate surface area is 77.8 Å². The van der Waals surface area contributed by atoms with Crippen LogP contribution in [-0.2, 0) is 19.3 Å². The van der Waals surface area contributed by atoms with Crippen molar-refractivity contribution in [3.05, 3.63) is 15.6 Å². The van der Waals surface area contributed by atoms with E-state index in [0.717, 1.165) is 12.3 Å². The molecule has 0 radical (unpaired) electrons. The van der Waals surface area contributed by atoms with Crippen LogP contribution >= 0.6 is 11.3 Å². The first-order valence-corrected chi connectivity index (χ1v) is 5.55. The molecule has 0 fully saturated rings. The monoisotopic (exact) mass is 181 g/mol. The van der Waals surface area contributed by atoms with E-state index in [1.54, 1.807) is 4.88 Å². The average molecular weight is 181 g/mol. The molecule has 0 saturated heterocycles. The van der Waals surface area contributed by atoms with Crippen LogP contribution in [0.1, 0.15) is 35.8 Å². The quantitative estimate of drug-likeness (QED) is 0.683. The predicted molar refractivity (Wildman–Crippen MR) is 52.7 cm³/mol. The summed E-state index contributed by atoms with van der Waals surface area (Å²) >= 11 is 1.94. The van der Waals surface area contributed by atoms with Crippen LogP contribution in [0, 0.1) is 5.92 Å². The molecule has 0 amide bonds. The molecule has 1 aliphatic rings. The molecule has 1 aromatic rings. The zero-order valence-electron chi connectivity index (χ0n) is 7.76. The number of hydrogen-bond donors (Lipinski definition) is 0. The molecule has 2 rings (SSSR count). The molecule has 0 spiro atoms. The first-order valence-electron chi connectivity index (χ1n) is 4.73.